The molecule has 0 aromatic carbocycles. The molecule has 0 amide bonds. The minimum absolute atomic E-state index is 0.0232. The molecule has 2 heterocycles. The molecule has 0 bridgehead atoms. The minimum Gasteiger partial charge on any atom is -0.381 e. The first kappa shape index (κ1) is 12.3. The van der Waals surface area contributed by atoms with Crippen LogP contribution in [-0.4, -0.2) is 23.0 Å². The fourth-order valence-corrected chi connectivity index (χ4v) is 1.95. The molecule has 1 aliphatic rings. The van der Waals surface area contributed by atoms with E-state index in [9.17, 15) is 4.79 Å². The molecule has 0 aliphatic carbocycles. The third-order valence-electron chi connectivity index (χ3n) is 3.09. The van der Waals surface area contributed by atoms with Gasteiger partial charge in [0.2, 0.25) is 0 Å². The highest BCUT2D eigenvalue weighted by atomic mass is 16.5. The molecule has 0 N–H and O–H groups in total. The fraction of sp³-hybridized carbons (Fsp3) is 0.692. The Morgan fingerprint density at radius 2 is 2.24 bits per heavy atom. The summed E-state index contributed by atoms with van der Waals surface area (Å²) in [7, 11) is 0. The predicted molar refractivity (Wildman–Crippen MR) is 66.1 cm³/mol. The largest absolute Gasteiger partial charge is 0.381 e. The molecule has 0 spiro atoms. The van der Waals surface area contributed by atoms with E-state index in [1.54, 1.807) is 10.7 Å². The highest BCUT2D eigenvalue weighted by Crippen LogP contribution is 2.19. The molecule has 1 aliphatic heterocycles. The van der Waals surface area contributed by atoms with Crippen molar-refractivity contribution < 1.29 is 4.74 Å². The Labute approximate surface area is 102 Å². The molecule has 94 valence electrons. The molecule has 17 heavy (non-hydrogen) atoms. The van der Waals surface area contributed by atoms with Gasteiger partial charge >= 0.3 is 0 Å². The van der Waals surface area contributed by atoms with Crippen molar-refractivity contribution in [1.82, 2.24) is 9.78 Å². The van der Waals surface area contributed by atoms with E-state index in [2.05, 4.69) is 25.9 Å². The van der Waals surface area contributed by atoms with Crippen LogP contribution in [0, 0.1) is 5.92 Å². The van der Waals surface area contributed by atoms with E-state index in [0.717, 1.165) is 25.3 Å². The number of nitrogens with zero attached hydrogens (tertiary/aromatic N) is 2. The standard InChI is InChI=1S/C13H20N2O2/c1-13(2,3)11-4-5-12(16)15(14-11)8-10-6-7-17-9-10/h4-5,10H,6-9H2,1-3H3. The van der Waals surface area contributed by atoms with Crippen molar-refractivity contribution in [3.8, 4) is 0 Å². The number of ether oxygens (including phenoxy) is 1. The van der Waals surface area contributed by atoms with Crippen molar-refractivity contribution in [2.24, 2.45) is 5.92 Å². The van der Waals surface area contributed by atoms with Crippen LogP contribution in [0.25, 0.3) is 0 Å². The highest BCUT2D eigenvalue weighted by molar-refractivity contribution is 5.10. The van der Waals surface area contributed by atoms with Crippen molar-refractivity contribution in [1.29, 1.82) is 0 Å². The third kappa shape index (κ3) is 2.94. The number of hydrogen-bond donors (Lipinski definition) is 0. The summed E-state index contributed by atoms with van der Waals surface area (Å²) in [6.45, 7) is 8.52. The molecular weight excluding hydrogens is 216 g/mol. The molecule has 2 rings (SSSR count). The van der Waals surface area contributed by atoms with E-state index in [-0.39, 0.29) is 11.0 Å². The lowest BCUT2D eigenvalue weighted by atomic mass is 9.92. The van der Waals surface area contributed by atoms with Crippen LogP contribution in [0.15, 0.2) is 16.9 Å². The second kappa shape index (κ2) is 4.61. The van der Waals surface area contributed by atoms with Gasteiger partial charge in [-0.3, -0.25) is 4.79 Å². The molecule has 4 heteroatoms. The van der Waals surface area contributed by atoms with Crippen LogP contribution in [0.4, 0.5) is 0 Å². The second-order valence-electron chi connectivity index (χ2n) is 5.72. The van der Waals surface area contributed by atoms with Crippen LogP contribution in [0.3, 0.4) is 0 Å². The molecule has 1 aromatic heterocycles. The van der Waals surface area contributed by atoms with Gasteiger partial charge in [-0.15, -0.1) is 0 Å². The zero-order valence-electron chi connectivity index (χ0n) is 10.8. The van der Waals surface area contributed by atoms with E-state index < -0.39 is 0 Å². The average Bonchev–Trinajstić information content (AvgIpc) is 2.72. The van der Waals surface area contributed by atoms with Gasteiger partial charge in [0.15, 0.2) is 0 Å². The maximum Gasteiger partial charge on any atom is 0.266 e. The summed E-state index contributed by atoms with van der Waals surface area (Å²) in [5.41, 5.74) is 0.905. The molecular formula is C13H20N2O2. The first-order valence-corrected chi connectivity index (χ1v) is 6.13. The van der Waals surface area contributed by atoms with Crippen LogP contribution in [-0.2, 0) is 16.7 Å². The highest BCUT2D eigenvalue weighted by Gasteiger charge is 2.20. The fourth-order valence-electron chi connectivity index (χ4n) is 1.95. The maximum absolute atomic E-state index is 11.7. The van der Waals surface area contributed by atoms with Gasteiger partial charge in [0.05, 0.1) is 12.3 Å². The molecule has 1 unspecified atom stereocenters. The lowest BCUT2D eigenvalue weighted by molar-refractivity contribution is 0.181. The molecule has 1 atom stereocenters. The number of aromatic nitrogens is 2. The van der Waals surface area contributed by atoms with Crippen LogP contribution >= 0.6 is 0 Å². The quantitative estimate of drug-likeness (QED) is 0.783. The summed E-state index contributed by atoms with van der Waals surface area (Å²) < 4.78 is 6.91. The van der Waals surface area contributed by atoms with Gasteiger partial charge in [-0.1, -0.05) is 20.8 Å². The molecule has 4 nitrogen and oxygen atoms in total. The molecule has 1 aromatic rings. The Bertz CT molecular complexity index is 439. The third-order valence-corrected chi connectivity index (χ3v) is 3.09. The molecule has 0 radical (unpaired) electrons. The Balaban J connectivity index is 2.23. The van der Waals surface area contributed by atoms with Crippen LogP contribution < -0.4 is 5.56 Å². The summed E-state index contributed by atoms with van der Waals surface area (Å²) in [4.78, 5) is 11.7. The Morgan fingerprint density at radius 3 is 2.82 bits per heavy atom. The lowest BCUT2D eigenvalue weighted by Crippen LogP contribution is -2.29. The van der Waals surface area contributed by atoms with Crippen molar-refractivity contribution in [3.63, 3.8) is 0 Å². The SMILES string of the molecule is CC(C)(C)c1ccc(=O)n(CC2CCOC2)n1. The predicted octanol–water partition coefficient (Wildman–Crippen LogP) is 1.58. The van der Waals surface area contributed by atoms with Gasteiger partial charge < -0.3 is 4.74 Å². The van der Waals surface area contributed by atoms with Crippen LogP contribution in [0.1, 0.15) is 32.9 Å². The van der Waals surface area contributed by atoms with E-state index in [4.69, 9.17) is 4.74 Å². The van der Waals surface area contributed by atoms with Crippen molar-refractivity contribution in [2.45, 2.75) is 39.2 Å². The normalized spacial score (nSPS) is 20.8. The summed E-state index contributed by atoms with van der Waals surface area (Å²) in [5, 5.41) is 4.46. The van der Waals surface area contributed by atoms with E-state index >= 15 is 0 Å². The van der Waals surface area contributed by atoms with Crippen molar-refractivity contribution in [2.75, 3.05) is 13.2 Å². The summed E-state index contributed by atoms with van der Waals surface area (Å²) in [5.74, 6) is 0.426. The van der Waals surface area contributed by atoms with E-state index in [1.165, 1.54) is 0 Å². The first-order valence-electron chi connectivity index (χ1n) is 6.13. The first-order chi connectivity index (χ1) is 7.97. The summed E-state index contributed by atoms with van der Waals surface area (Å²) in [6, 6.07) is 3.44. The van der Waals surface area contributed by atoms with Gasteiger partial charge in [0.1, 0.15) is 0 Å². The smallest absolute Gasteiger partial charge is 0.266 e. The van der Waals surface area contributed by atoms with E-state index in [1.807, 2.05) is 6.07 Å². The summed E-state index contributed by atoms with van der Waals surface area (Å²) in [6.07, 6.45) is 1.02. The van der Waals surface area contributed by atoms with Gasteiger partial charge in [0.25, 0.3) is 5.56 Å². The number of hydrogen-bond acceptors (Lipinski definition) is 3. The van der Waals surface area contributed by atoms with Crippen molar-refractivity contribution in [3.05, 3.63) is 28.2 Å². The molecule has 1 fully saturated rings. The van der Waals surface area contributed by atoms with Crippen LogP contribution in [0.5, 0.6) is 0 Å². The monoisotopic (exact) mass is 236 g/mol. The van der Waals surface area contributed by atoms with Crippen molar-refractivity contribution >= 4 is 0 Å². The summed E-state index contributed by atoms with van der Waals surface area (Å²) >= 11 is 0. The Morgan fingerprint density at radius 1 is 1.47 bits per heavy atom. The second-order valence-corrected chi connectivity index (χ2v) is 5.72. The zero-order valence-corrected chi connectivity index (χ0v) is 10.8. The molecule has 1 saturated heterocycles. The minimum atomic E-state index is -0.0262. The Kier molecular flexibility index (Phi) is 3.33. The Hall–Kier alpha value is -1.16. The van der Waals surface area contributed by atoms with E-state index in [0.29, 0.717) is 12.5 Å². The van der Waals surface area contributed by atoms with Gasteiger partial charge in [-0.05, 0) is 12.5 Å². The maximum atomic E-state index is 11.7. The topological polar surface area (TPSA) is 44.1 Å². The van der Waals surface area contributed by atoms with Gasteiger partial charge in [-0.2, -0.15) is 5.10 Å². The van der Waals surface area contributed by atoms with Gasteiger partial charge in [0, 0.05) is 30.6 Å². The average molecular weight is 236 g/mol. The number of rotatable bonds is 2. The van der Waals surface area contributed by atoms with Gasteiger partial charge in [-0.25, -0.2) is 4.68 Å². The zero-order chi connectivity index (χ0) is 12.5. The lowest BCUT2D eigenvalue weighted by Gasteiger charge is -2.19. The molecule has 0 saturated carbocycles. The van der Waals surface area contributed by atoms with Crippen LogP contribution in [0.2, 0.25) is 0 Å².